The van der Waals surface area contributed by atoms with Crippen LogP contribution in [-0.4, -0.2) is 51.5 Å². The van der Waals surface area contributed by atoms with Crippen molar-refractivity contribution in [2.75, 3.05) is 39.5 Å². The zero-order valence-electron chi connectivity index (χ0n) is 14.5. The minimum absolute atomic E-state index is 0.583. The van der Waals surface area contributed by atoms with Crippen LogP contribution in [0.2, 0.25) is 0 Å². The summed E-state index contributed by atoms with van der Waals surface area (Å²) in [5.74, 6) is 0.928. The second kappa shape index (κ2) is 13.8. The van der Waals surface area contributed by atoms with Gasteiger partial charge in [0.2, 0.25) is 0 Å². The van der Waals surface area contributed by atoms with Gasteiger partial charge in [-0.1, -0.05) is 32.6 Å². The fourth-order valence-electron chi connectivity index (χ4n) is 2.55. The van der Waals surface area contributed by atoms with Crippen LogP contribution in [0.4, 0.5) is 0 Å². The van der Waals surface area contributed by atoms with E-state index >= 15 is 0 Å². The maximum absolute atomic E-state index is 5.54. The van der Waals surface area contributed by atoms with E-state index in [-0.39, 0.29) is 0 Å². The van der Waals surface area contributed by atoms with Gasteiger partial charge in [0.15, 0.2) is 5.96 Å². The van der Waals surface area contributed by atoms with Crippen molar-refractivity contribution >= 4 is 5.96 Å². The number of unbranched alkanes of at least 4 members (excludes halogenated alkanes) is 1. The van der Waals surface area contributed by atoms with Gasteiger partial charge in [-0.25, -0.2) is 0 Å². The molecule has 5 heteroatoms. The molecule has 0 amide bonds. The minimum Gasteiger partial charge on any atom is -0.379 e. The number of hydrogen-bond donors (Lipinski definition) is 2. The van der Waals surface area contributed by atoms with Crippen molar-refractivity contribution in [1.82, 2.24) is 10.6 Å². The lowest BCUT2D eigenvalue weighted by Gasteiger charge is -2.24. The molecule has 0 aliphatic heterocycles. The van der Waals surface area contributed by atoms with Gasteiger partial charge in [0.25, 0.3) is 0 Å². The maximum atomic E-state index is 5.54. The van der Waals surface area contributed by atoms with Crippen LogP contribution in [0.1, 0.15) is 58.8 Å². The molecule has 130 valence electrons. The van der Waals surface area contributed by atoms with E-state index in [1.165, 1.54) is 38.5 Å². The van der Waals surface area contributed by atoms with Crippen LogP contribution in [0.5, 0.6) is 0 Å². The lowest BCUT2D eigenvalue weighted by molar-refractivity contribution is 0.0497. The predicted octanol–water partition coefficient (Wildman–Crippen LogP) is 2.71. The van der Waals surface area contributed by atoms with Crippen LogP contribution in [-0.2, 0) is 9.47 Å². The zero-order valence-corrected chi connectivity index (χ0v) is 14.5. The minimum atomic E-state index is 0.583. The van der Waals surface area contributed by atoms with Gasteiger partial charge in [-0.15, -0.1) is 0 Å². The van der Waals surface area contributed by atoms with Crippen molar-refractivity contribution in [3.63, 3.8) is 0 Å². The van der Waals surface area contributed by atoms with E-state index in [0.29, 0.717) is 32.4 Å². The Hall–Kier alpha value is -0.810. The average molecular weight is 313 g/mol. The highest BCUT2D eigenvalue weighted by Crippen LogP contribution is 2.17. The lowest BCUT2D eigenvalue weighted by atomic mass is 9.96. The SMILES string of the molecule is CCCCOCCOCCN=C(NCC)NC1CCCCC1. The van der Waals surface area contributed by atoms with Crippen molar-refractivity contribution in [3.05, 3.63) is 0 Å². The molecule has 1 aliphatic rings. The van der Waals surface area contributed by atoms with Crippen molar-refractivity contribution in [2.45, 2.75) is 64.8 Å². The van der Waals surface area contributed by atoms with Gasteiger partial charge in [0.1, 0.15) is 0 Å². The van der Waals surface area contributed by atoms with E-state index in [2.05, 4.69) is 29.5 Å². The number of aliphatic imine (C=N–C) groups is 1. The fraction of sp³-hybridized carbons (Fsp3) is 0.941. The molecule has 5 nitrogen and oxygen atoms in total. The number of nitrogens with zero attached hydrogens (tertiary/aromatic N) is 1. The van der Waals surface area contributed by atoms with Crippen LogP contribution in [0, 0.1) is 0 Å². The monoisotopic (exact) mass is 313 g/mol. The number of nitrogens with one attached hydrogen (secondary N) is 2. The third-order valence-electron chi connectivity index (χ3n) is 3.81. The third-order valence-corrected chi connectivity index (χ3v) is 3.81. The molecular weight excluding hydrogens is 278 g/mol. The standard InChI is InChI=1S/C17H35N3O2/c1-3-5-12-21-14-15-22-13-11-19-17(18-4-2)20-16-9-7-6-8-10-16/h16H,3-15H2,1-2H3,(H2,18,19,20). The highest BCUT2D eigenvalue weighted by Gasteiger charge is 2.14. The fourth-order valence-corrected chi connectivity index (χ4v) is 2.55. The quantitative estimate of drug-likeness (QED) is 0.350. The second-order valence-electron chi connectivity index (χ2n) is 5.82. The first-order valence-corrected chi connectivity index (χ1v) is 9.07. The van der Waals surface area contributed by atoms with Gasteiger partial charge in [-0.3, -0.25) is 4.99 Å². The predicted molar refractivity (Wildman–Crippen MR) is 92.5 cm³/mol. The summed E-state index contributed by atoms with van der Waals surface area (Å²) < 4.78 is 11.0. The van der Waals surface area contributed by atoms with Crippen molar-refractivity contribution in [2.24, 2.45) is 4.99 Å². The smallest absolute Gasteiger partial charge is 0.191 e. The zero-order chi connectivity index (χ0) is 15.9. The molecule has 1 rings (SSSR count). The van der Waals surface area contributed by atoms with Crippen LogP contribution in [0.15, 0.2) is 4.99 Å². The number of guanidine groups is 1. The molecule has 0 bridgehead atoms. The Labute approximate surface area is 136 Å². The Morgan fingerprint density at radius 3 is 2.41 bits per heavy atom. The number of hydrogen-bond acceptors (Lipinski definition) is 3. The summed E-state index contributed by atoms with van der Waals surface area (Å²) in [5.41, 5.74) is 0. The first-order chi connectivity index (χ1) is 10.9. The molecule has 0 saturated heterocycles. The summed E-state index contributed by atoms with van der Waals surface area (Å²) in [5, 5.41) is 6.85. The Balaban J connectivity index is 2.08. The van der Waals surface area contributed by atoms with Crippen LogP contribution < -0.4 is 10.6 Å². The summed E-state index contributed by atoms with van der Waals surface area (Å²) in [4.78, 5) is 4.58. The van der Waals surface area contributed by atoms with E-state index in [1.807, 2.05) is 0 Å². The van der Waals surface area contributed by atoms with E-state index in [1.54, 1.807) is 0 Å². The van der Waals surface area contributed by atoms with Gasteiger partial charge in [-0.2, -0.15) is 0 Å². The Bertz CT molecular complexity index is 279. The molecule has 0 unspecified atom stereocenters. The molecule has 0 atom stereocenters. The topological polar surface area (TPSA) is 54.9 Å². The Morgan fingerprint density at radius 2 is 1.73 bits per heavy atom. The van der Waals surface area contributed by atoms with E-state index in [9.17, 15) is 0 Å². The molecule has 0 aromatic rings. The van der Waals surface area contributed by atoms with E-state index in [4.69, 9.17) is 9.47 Å². The van der Waals surface area contributed by atoms with Crippen molar-refractivity contribution in [3.8, 4) is 0 Å². The molecule has 0 radical (unpaired) electrons. The normalized spacial score (nSPS) is 16.7. The average Bonchev–Trinajstić information content (AvgIpc) is 2.54. The lowest BCUT2D eigenvalue weighted by Crippen LogP contribution is -2.44. The molecule has 0 aromatic carbocycles. The molecule has 1 aliphatic carbocycles. The molecule has 1 fully saturated rings. The van der Waals surface area contributed by atoms with E-state index in [0.717, 1.165) is 25.5 Å². The molecule has 22 heavy (non-hydrogen) atoms. The molecule has 0 aromatic heterocycles. The third kappa shape index (κ3) is 10.0. The Kier molecular flexibility index (Phi) is 12.1. The molecular formula is C17H35N3O2. The second-order valence-corrected chi connectivity index (χ2v) is 5.82. The summed E-state index contributed by atoms with van der Waals surface area (Å²) in [6, 6.07) is 0.583. The molecule has 0 heterocycles. The van der Waals surface area contributed by atoms with E-state index < -0.39 is 0 Å². The summed E-state index contributed by atoms with van der Waals surface area (Å²) >= 11 is 0. The first-order valence-electron chi connectivity index (χ1n) is 9.07. The van der Waals surface area contributed by atoms with Gasteiger partial charge in [0, 0.05) is 19.2 Å². The summed E-state index contributed by atoms with van der Waals surface area (Å²) in [6.45, 7) is 8.69. The number of ether oxygens (including phenoxy) is 2. The molecule has 0 spiro atoms. The van der Waals surface area contributed by atoms with Crippen LogP contribution in [0.25, 0.3) is 0 Å². The van der Waals surface area contributed by atoms with Gasteiger partial charge < -0.3 is 20.1 Å². The molecule has 2 N–H and O–H groups in total. The van der Waals surface area contributed by atoms with Crippen molar-refractivity contribution < 1.29 is 9.47 Å². The summed E-state index contributed by atoms with van der Waals surface area (Å²) in [7, 11) is 0. The van der Waals surface area contributed by atoms with Crippen LogP contribution >= 0.6 is 0 Å². The summed E-state index contributed by atoms with van der Waals surface area (Å²) in [6.07, 6.45) is 8.86. The maximum Gasteiger partial charge on any atom is 0.191 e. The number of rotatable bonds is 11. The first kappa shape index (κ1) is 19.2. The highest BCUT2D eigenvalue weighted by atomic mass is 16.5. The van der Waals surface area contributed by atoms with Gasteiger partial charge >= 0.3 is 0 Å². The Morgan fingerprint density at radius 1 is 1.00 bits per heavy atom. The van der Waals surface area contributed by atoms with Gasteiger partial charge in [-0.05, 0) is 26.2 Å². The van der Waals surface area contributed by atoms with Gasteiger partial charge in [0.05, 0.1) is 26.4 Å². The van der Waals surface area contributed by atoms with Crippen molar-refractivity contribution in [1.29, 1.82) is 0 Å². The van der Waals surface area contributed by atoms with Crippen LogP contribution in [0.3, 0.4) is 0 Å². The molecule has 1 saturated carbocycles. The largest absolute Gasteiger partial charge is 0.379 e. The highest BCUT2D eigenvalue weighted by molar-refractivity contribution is 5.80.